The van der Waals surface area contributed by atoms with E-state index in [1.54, 1.807) is 42.4 Å². The quantitative estimate of drug-likeness (QED) is 0.0844. The number of carbonyl (C=O) groups excluding carboxylic acids is 1. The van der Waals surface area contributed by atoms with Crippen molar-refractivity contribution in [3.05, 3.63) is 106 Å². The molecule has 3 saturated carbocycles. The minimum atomic E-state index is -4.68. The number of nitrogens with one attached hydrogen (secondary N) is 2. The number of nitrogens with zero attached hydrogens (tertiary/aromatic N) is 4. The Labute approximate surface area is 384 Å². The first-order chi connectivity index (χ1) is 31.8. The second kappa shape index (κ2) is 16.6. The maximum atomic E-state index is 14.1. The molecular weight excluding hydrogens is 861 g/mol. The largest absolute Gasteiger partial charge is 0.485 e. The van der Waals surface area contributed by atoms with E-state index in [1.165, 1.54) is 44.7 Å². The van der Waals surface area contributed by atoms with Gasteiger partial charge in [-0.15, -0.1) is 0 Å². The number of nitro groups is 1. The molecule has 5 fully saturated rings. The standard InChI is InChI=1S/C50H56N6O9S/c1-49(58)15-12-32(13-16-49)45-30-63-44-26-37(25-42(56(59)60)46(44)65-45)66(61,62)53-48(57)40-11-10-34(24-43(40)64-36-23-33-14-19-51-47(33)52-29-36)54-21-17-50(18-22-54)27-35(28-50)55-20-4-7-41(55)39-6-3-2-5-38(39)31-8-9-31/h2-3,5-6,10-11,14,19,23-26,29,31-32,35,41,45,58H,4,7-9,12-13,15-18,20-22,27-28,30H2,1H3,(H,51,52)(H,53,57)/t32-,41-,45-,49-/m0/s1. The van der Waals surface area contributed by atoms with Gasteiger partial charge in [-0.3, -0.25) is 19.8 Å². The minimum Gasteiger partial charge on any atom is -0.485 e. The molecule has 66 heavy (non-hydrogen) atoms. The van der Waals surface area contributed by atoms with Crippen molar-refractivity contribution in [3.8, 4) is 23.0 Å². The van der Waals surface area contributed by atoms with Crippen molar-refractivity contribution in [3.63, 3.8) is 0 Å². The van der Waals surface area contributed by atoms with E-state index in [9.17, 15) is 28.4 Å². The Morgan fingerprint density at radius 1 is 0.970 bits per heavy atom. The second-order valence-electron chi connectivity index (χ2n) is 20.0. The van der Waals surface area contributed by atoms with Crippen LogP contribution in [0.4, 0.5) is 11.4 Å². The van der Waals surface area contributed by atoms with Gasteiger partial charge in [0.2, 0.25) is 5.75 Å². The van der Waals surface area contributed by atoms with E-state index < -0.39 is 43.1 Å². The van der Waals surface area contributed by atoms with Crippen LogP contribution in [-0.4, -0.2) is 83.2 Å². The Kier molecular flexibility index (Phi) is 10.8. The second-order valence-corrected chi connectivity index (χ2v) is 21.7. The number of ether oxygens (including phenoxy) is 3. The van der Waals surface area contributed by atoms with E-state index in [0.717, 1.165) is 61.6 Å². The highest BCUT2D eigenvalue weighted by molar-refractivity contribution is 7.90. The Balaban J connectivity index is 0.801. The number of aromatic amines is 1. The fourth-order valence-electron chi connectivity index (χ4n) is 11.6. The third-order valence-corrected chi connectivity index (χ3v) is 16.8. The van der Waals surface area contributed by atoms with Gasteiger partial charge >= 0.3 is 5.69 Å². The van der Waals surface area contributed by atoms with Gasteiger partial charge in [0.25, 0.3) is 15.9 Å². The molecule has 11 rings (SSSR count). The van der Waals surface area contributed by atoms with Crippen molar-refractivity contribution in [1.29, 1.82) is 0 Å². The number of benzene rings is 3. The minimum absolute atomic E-state index is 0.000182. The molecule has 5 aromatic rings. The van der Waals surface area contributed by atoms with Crippen molar-refractivity contribution in [2.45, 2.75) is 119 Å². The molecule has 2 atom stereocenters. The molecule has 3 aromatic carbocycles. The van der Waals surface area contributed by atoms with Crippen LogP contribution in [0.2, 0.25) is 0 Å². The summed E-state index contributed by atoms with van der Waals surface area (Å²) in [7, 11) is -4.68. The molecule has 5 heterocycles. The highest BCUT2D eigenvalue weighted by Crippen LogP contribution is 2.55. The number of pyridine rings is 1. The fraction of sp³-hybridized carbons (Fsp3) is 0.480. The van der Waals surface area contributed by atoms with Gasteiger partial charge in [-0.2, -0.15) is 0 Å². The number of likely N-dealkylation sites (tertiary alicyclic amines) is 1. The average molecular weight is 917 g/mol. The zero-order valence-electron chi connectivity index (χ0n) is 37.1. The number of nitro benzene ring substituents is 1. The first-order valence-electron chi connectivity index (χ1n) is 23.6. The highest BCUT2D eigenvalue weighted by Gasteiger charge is 2.50. The SMILES string of the molecule is C[C@]1(O)CC[C@H]([C@@H]2COc3cc(S(=O)(=O)NC(=O)c4ccc(N5CCC6(CC5)CC(N5CCC[C@H]5c5ccccc5C5CC5)C6)cc4Oc4cnc5[nH]ccc5c4)cc([N+](=O)[O-])c3O2)CC1. The first-order valence-corrected chi connectivity index (χ1v) is 25.0. The molecule has 0 unspecified atom stereocenters. The normalized spacial score (nSPS) is 25.4. The predicted molar refractivity (Wildman–Crippen MR) is 247 cm³/mol. The first kappa shape index (κ1) is 42.9. The molecule has 3 aliphatic heterocycles. The number of anilines is 1. The van der Waals surface area contributed by atoms with Gasteiger partial charge in [0.1, 0.15) is 29.9 Å². The summed E-state index contributed by atoms with van der Waals surface area (Å²) >= 11 is 0. The summed E-state index contributed by atoms with van der Waals surface area (Å²) in [6, 6.07) is 21.1. The average Bonchev–Trinajstić information content (AvgIpc) is 3.84. The van der Waals surface area contributed by atoms with Gasteiger partial charge in [0.15, 0.2) is 5.75 Å². The third kappa shape index (κ3) is 8.25. The number of aromatic nitrogens is 2. The maximum Gasteiger partial charge on any atom is 0.316 e. The van der Waals surface area contributed by atoms with Crippen molar-refractivity contribution < 1.29 is 37.5 Å². The lowest BCUT2D eigenvalue weighted by atomic mass is 9.59. The molecular formula is C50H56N6O9S. The molecule has 3 N–H and O–H groups in total. The monoisotopic (exact) mass is 916 g/mol. The summed E-state index contributed by atoms with van der Waals surface area (Å²) in [5, 5.41) is 23.6. The fourth-order valence-corrected chi connectivity index (χ4v) is 12.6. The van der Waals surface area contributed by atoms with Crippen molar-refractivity contribution >= 4 is 38.3 Å². The maximum absolute atomic E-state index is 14.1. The number of hydrogen-bond acceptors (Lipinski definition) is 12. The van der Waals surface area contributed by atoms with Crippen LogP contribution in [0.25, 0.3) is 11.0 Å². The number of hydrogen-bond donors (Lipinski definition) is 3. The molecule has 1 amide bonds. The molecule has 0 radical (unpaired) electrons. The molecule has 1 spiro atoms. The smallest absolute Gasteiger partial charge is 0.316 e. The number of carbonyl (C=O) groups is 1. The summed E-state index contributed by atoms with van der Waals surface area (Å²) in [5.74, 6) is -0.0140. The lowest BCUT2D eigenvalue weighted by Crippen LogP contribution is -2.54. The van der Waals surface area contributed by atoms with Crippen LogP contribution < -0.4 is 23.8 Å². The van der Waals surface area contributed by atoms with Crippen molar-refractivity contribution in [2.24, 2.45) is 11.3 Å². The number of aliphatic hydroxyl groups is 1. The van der Waals surface area contributed by atoms with Crippen LogP contribution in [0.5, 0.6) is 23.0 Å². The van der Waals surface area contributed by atoms with E-state index in [-0.39, 0.29) is 35.3 Å². The highest BCUT2D eigenvalue weighted by atomic mass is 32.2. The summed E-state index contributed by atoms with van der Waals surface area (Å²) in [5.41, 5.74) is 3.53. The predicted octanol–water partition coefficient (Wildman–Crippen LogP) is 8.93. The number of amides is 1. The van der Waals surface area contributed by atoms with E-state index >= 15 is 0 Å². The lowest BCUT2D eigenvalue weighted by Gasteiger charge is -2.56. The summed E-state index contributed by atoms with van der Waals surface area (Å²) < 4.78 is 48.4. The van der Waals surface area contributed by atoms with Crippen LogP contribution in [0.15, 0.2) is 84.0 Å². The van der Waals surface area contributed by atoms with E-state index in [1.807, 2.05) is 12.1 Å². The van der Waals surface area contributed by atoms with Crippen LogP contribution in [-0.2, 0) is 10.0 Å². The zero-order valence-corrected chi connectivity index (χ0v) is 37.9. The van der Waals surface area contributed by atoms with Gasteiger partial charge in [0.05, 0.1) is 27.2 Å². The van der Waals surface area contributed by atoms with E-state index in [2.05, 4.69) is 48.8 Å². The van der Waals surface area contributed by atoms with E-state index in [0.29, 0.717) is 54.6 Å². The number of fused-ring (bicyclic) bond motifs is 2. The molecule has 2 saturated heterocycles. The number of rotatable bonds is 11. The van der Waals surface area contributed by atoms with Gasteiger partial charge in [-0.1, -0.05) is 24.3 Å². The molecule has 16 heteroatoms. The van der Waals surface area contributed by atoms with Gasteiger partial charge in [-0.25, -0.2) is 18.1 Å². The van der Waals surface area contributed by atoms with Crippen LogP contribution >= 0.6 is 0 Å². The van der Waals surface area contributed by atoms with Gasteiger partial charge in [0, 0.05) is 60.6 Å². The lowest BCUT2D eigenvalue weighted by molar-refractivity contribution is -0.386. The summed E-state index contributed by atoms with van der Waals surface area (Å²) in [6.45, 7) is 4.68. The van der Waals surface area contributed by atoms with Crippen LogP contribution in [0, 0.1) is 21.4 Å². The molecule has 0 bridgehead atoms. The number of H-pyrrole nitrogens is 1. The molecule has 15 nitrogen and oxygen atoms in total. The zero-order chi connectivity index (χ0) is 45.4. The summed E-state index contributed by atoms with van der Waals surface area (Å²) in [4.78, 5) is 37.8. The van der Waals surface area contributed by atoms with Crippen molar-refractivity contribution in [2.75, 3.05) is 31.1 Å². The van der Waals surface area contributed by atoms with Gasteiger partial charge < -0.3 is 29.2 Å². The molecule has 346 valence electrons. The number of sulfonamides is 1. The van der Waals surface area contributed by atoms with Crippen molar-refractivity contribution in [1.82, 2.24) is 19.6 Å². The Morgan fingerprint density at radius 2 is 1.74 bits per heavy atom. The Hall–Kier alpha value is -5.71. The third-order valence-electron chi connectivity index (χ3n) is 15.5. The Morgan fingerprint density at radius 3 is 2.50 bits per heavy atom. The molecule has 6 aliphatic rings. The van der Waals surface area contributed by atoms with E-state index in [4.69, 9.17) is 14.2 Å². The molecule has 2 aromatic heterocycles. The Bertz CT molecular complexity index is 2800. The van der Waals surface area contributed by atoms with Crippen LogP contribution in [0.1, 0.15) is 117 Å². The number of piperidine rings is 1. The van der Waals surface area contributed by atoms with Gasteiger partial charge in [-0.05, 0) is 143 Å². The molecule has 3 aliphatic carbocycles. The topological polar surface area (TPSA) is 189 Å². The van der Waals surface area contributed by atoms with Crippen LogP contribution in [0.3, 0.4) is 0 Å². The summed E-state index contributed by atoms with van der Waals surface area (Å²) in [6.07, 6.45) is 14.8.